The quantitative estimate of drug-likeness (QED) is 0.685. The number of ether oxygens (including phenoxy) is 1. The number of anilines is 2. The van der Waals surface area contributed by atoms with Crippen molar-refractivity contribution in [1.82, 2.24) is 4.57 Å². The number of thiazole rings is 1. The van der Waals surface area contributed by atoms with Gasteiger partial charge in [-0.1, -0.05) is 17.4 Å². The Morgan fingerprint density at radius 2 is 1.93 bits per heavy atom. The second-order valence-electron chi connectivity index (χ2n) is 7.44. The van der Waals surface area contributed by atoms with Crippen LogP contribution in [0.2, 0.25) is 0 Å². The van der Waals surface area contributed by atoms with E-state index in [4.69, 9.17) is 4.74 Å². The van der Waals surface area contributed by atoms with Gasteiger partial charge in [-0.25, -0.2) is 4.99 Å². The minimum absolute atomic E-state index is 0.201. The summed E-state index contributed by atoms with van der Waals surface area (Å²) >= 11 is 1.26. The molecule has 0 saturated carbocycles. The van der Waals surface area contributed by atoms with Crippen LogP contribution in [0.15, 0.2) is 46.2 Å². The maximum atomic E-state index is 13.3. The van der Waals surface area contributed by atoms with Crippen molar-refractivity contribution in [2.75, 3.05) is 24.0 Å². The Kier molecular flexibility index (Phi) is 4.25. The number of methoxy groups -OCH3 is 1. The largest absolute Gasteiger partial charge is 0.497 e. The van der Waals surface area contributed by atoms with Gasteiger partial charge >= 0.3 is 0 Å². The molecule has 2 aliphatic heterocycles. The van der Waals surface area contributed by atoms with Crippen LogP contribution in [0.25, 0.3) is 5.57 Å². The van der Waals surface area contributed by atoms with Crippen LogP contribution >= 0.6 is 11.3 Å². The minimum Gasteiger partial charge on any atom is -0.497 e. The molecule has 2 aromatic carbocycles. The Labute approximate surface area is 176 Å². The van der Waals surface area contributed by atoms with E-state index in [-0.39, 0.29) is 11.5 Å². The summed E-state index contributed by atoms with van der Waals surface area (Å²) in [6, 6.07) is 11.6. The van der Waals surface area contributed by atoms with Gasteiger partial charge in [-0.3, -0.25) is 14.2 Å². The van der Waals surface area contributed by atoms with Crippen molar-refractivity contribution in [3.63, 3.8) is 0 Å². The fourth-order valence-electron chi connectivity index (χ4n) is 3.75. The van der Waals surface area contributed by atoms with Gasteiger partial charge in [0.1, 0.15) is 23.6 Å². The lowest BCUT2D eigenvalue weighted by Gasteiger charge is -2.26. The summed E-state index contributed by atoms with van der Waals surface area (Å²) in [5.41, 5.74) is 4.98. The lowest BCUT2D eigenvalue weighted by molar-refractivity contribution is -0.110. The Morgan fingerprint density at radius 3 is 2.70 bits per heavy atom. The average molecular weight is 420 g/mol. The molecule has 2 aliphatic rings. The van der Waals surface area contributed by atoms with Crippen LogP contribution in [0.3, 0.4) is 0 Å². The first-order chi connectivity index (χ1) is 14.5. The summed E-state index contributed by atoms with van der Waals surface area (Å²) in [7, 11) is 1.57. The molecule has 0 saturated heterocycles. The highest BCUT2D eigenvalue weighted by molar-refractivity contribution is 7.07. The maximum absolute atomic E-state index is 13.3. The van der Waals surface area contributed by atoms with E-state index in [0.717, 1.165) is 5.69 Å². The number of hydrogen-bond acceptors (Lipinski definition) is 6. The lowest BCUT2D eigenvalue weighted by atomic mass is 10.1. The molecular formula is C22H20N4O3S. The Hall–Kier alpha value is -3.39. The molecule has 7 nitrogen and oxygen atoms in total. The van der Waals surface area contributed by atoms with Gasteiger partial charge < -0.3 is 15.0 Å². The maximum Gasteiger partial charge on any atom is 0.272 e. The third kappa shape index (κ3) is 2.83. The van der Waals surface area contributed by atoms with E-state index in [0.29, 0.717) is 45.2 Å². The SMILES string of the molecule is COc1ccc2c(c1)/C(=c1/sc3n(c1=O)CN(c1ccc(C)c(C)c1)CN=3)C(=O)N2. The molecule has 0 aliphatic carbocycles. The molecule has 30 heavy (non-hydrogen) atoms. The number of benzene rings is 2. The molecule has 0 fully saturated rings. The smallest absolute Gasteiger partial charge is 0.272 e. The van der Waals surface area contributed by atoms with E-state index in [1.54, 1.807) is 29.9 Å². The van der Waals surface area contributed by atoms with Crippen LogP contribution in [0.5, 0.6) is 5.75 Å². The average Bonchev–Trinajstić information content (AvgIpc) is 3.24. The summed E-state index contributed by atoms with van der Waals surface area (Å²) in [4.78, 5) is 33.2. The number of carbonyl (C=O) groups is 1. The summed E-state index contributed by atoms with van der Waals surface area (Å²) in [6.45, 7) is 5.01. The van der Waals surface area contributed by atoms with Gasteiger partial charge in [0.2, 0.25) is 0 Å². The first-order valence-corrected chi connectivity index (χ1v) is 10.4. The number of carbonyl (C=O) groups excluding carboxylic acids is 1. The van der Waals surface area contributed by atoms with Crippen molar-refractivity contribution in [3.8, 4) is 5.75 Å². The number of aryl methyl sites for hydroxylation is 2. The van der Waals surface area contributed by atoms with E-state index < -0.39 is 0 Å². The number of rotatable bonds is 2. The Morgan fingerprint density at radius 1 is 1.10 bits per heavy atom. The predicted molar refractivity (Wildman–Crippen MR) is 117 cm³/mol. The zero-order valence-electron chi connectivity index (χ0n) is 16.9. The highest BCUT2D eigenvalue weighted by atomic mass is 32.1. The van der Waals surface area contributed by atoms with E-state index in [1.807, 2.05) is 11.0 Å². The van der Waals surface area contributed by atoms with Gasteiger partial charge in [0, 0.05) is 16.9 Å². The normalized spacial score (nSPS) is 16.6. The number of hydrogen-bond donors (Lipinski definition) is 1. The van der Waals surface area contributed by atoms with E-state index in [2.05, 4.69) is 36.3 Å². The number of nitrogens with zero attached hydrogens (tertiary/aromatic N) is 3. The zero-order chi connectivity index (χ0) is 21.0. The number of aromatic nitrogens is 1. The molecule has 1 aromatic heterocycles. The van der Waals surface area contributed by atoms with Crippen LogP contribution in [-0.2, 0) is 11.5 Å². The monoisotopic (exact) mass is 420 g/mol. The summed E-state index contributed by atoms with van der Waals surface area (Å²) in [6.07, 6.45) is 0. The fourth-order valence-corrected chi connectivity index (χ4v) is 4.80. The van der Waals surface area contributed by atoms with E-state index in [1.165, 1.54) is 22.5 Å². The minimum atomic E-state index is -0.277. The molecule has 3 aromatic rings. The summed E-state index contributed by atoms with van der Waals surface area (Å²) < 4.78 is 7.33. The molecule has 5 rings (SSSR count). The van der Waals surface area contributed by atoms with Crippen molar-refractivity contribution >= 4 is 34.2 Å². The van der Waals surface area contributed by atoms with Gasteiger partial charge in [-0.05, 0) is 55.3 Å². The molecule has 0 spiro atoms. The molecule has 8 heteroatoms. The van der Waals surface area contributed by atoms with Crippen molar-refractivity contribution in [2.24, 2.45) is 4.99 Å². The van der Waals surface area contributed by atoms with Crippen molar-refractivity contribution in [1.29, 1.82) is 0 Å². The number of nitrogens with one attached hydrogen (secondary N) is 1. The summed E-state index contributed by atoms with van der Waals surface area (Å²) in [5, 5.41) is 2.84. The number of amides is 1. The van der Waals surface area contributed by atoms with Crippen molar-refractivity contribution < 1.29 is 9.53 Å². The lowest BCUT2D eigenvalue weighted by Crippen LogP contribution is -2.43. The van der Waals surface area contributed by atoms with Crippen LogP contribution < -0.4 is 29.8 Å². The molecule has 3 heterocycles. The third-order valence-electron chi connectivity index (χ3n) is 5.61. The van der Waals surface area contributed by atoms with Crippen LogP contribution in [-0.4, -0.2) is 24.3 Å². The first kappa shape index (κ1) is 18.6. The molecule has 0 atom stereocenters. The van der Waals surface area contributed by atoms with Gasteiger partial charge in [0.15, 0.2) is 4.80 Å². The molecule has 1 N–H and O–H groups in total. The highest BCUT2D eigenvalue weighted by Gasteiger charge is 2.28. The second-order valence-corrected chi connectivity index (χ2v) is 8.41. The molecule has 152 valence electrons. The fraction of sp³-hybridized carbons (Fsp3) is 0.227. The Balaban J connectivity index is 1.63. The van der Waals surface area contributed by atoms with Crippen LogP contribution in [0.1, 0.15) is 16.7 Å². The predicted octanol–water partition coefficient (Wildman–Crippen LogP) is 1.74. The molecule has 0 bridgehead atoms. The van der Waals surface area contributed by atoms with Gasteiger partial charge in [-0.2, -0.15) is 0 Å². The summed E-state index contributed by atoms with van der Waals surface area (Å²) in [5.74, 6) is 0.357. The van der Waals surface area contributed by atoms with E-state index >= 15 is 0 Å². The number of fused-ring (bicyclic) bond motifs is 2. The first-order valence-electron chi connectivity index (χ1n) is 9.56. The molecule has 0 unspecified atom stereocenters. The Bertz CT molecular complexity index is 1390. The zero-order valence-corrected chi connectivity index (χ0v) is 17.7. The van der Waals surface area contributed by atoms with Gasteiger partial charge in [-0.15, -0.1) is 0 Å². The molecule has 0 radical (unpaired) electrons. The second kappa shape index (κ2) is 6.84. The van der Waals surface area contributed by atoms with E-state index in [9.17, 15) is 9.59 Å². The van der Waals surface area contributed by atoms with Crippen molar-refractivity contribution in [3.05, 3.63) is 72.8 Å². The van der Waals surface area contributed by atoms with Gasteiger partial charge in [0.25, 0.3) is 11.5 Å². The van der Waals surface area contributed by atoms with Crippen LogP contribution in [0.4, 0.5) is 11.4 Å². The third-order valence-corrected chi connectivity index (χ3v) is 6.72. The standard InChI is InChI=1S/C22H20N4O3S/c1-12-4-5-14(8-13(12)2)25-10-23-22-26(11-25)21(28)19(30-22)18-16-9-15(29-3)6-7-17(16)24-20(18)27/h4-9H,10-11H2,1-3H3,(H,24,27)/b19-18-. The highest BCUT2D eigenvalue weighted by Crippen LogP contribution is 2.33. The van der Waals surface area contributed by atoms with Crippen molar-refractivity contribution in [2.45, 2.75) is 20.5 Å². The van der Waals surface area contributed by atoms with Gasteiger partial charge in [0.05, 0.1) is 12.7 Å². The molecular weight excluding hydrogens is 400 g/mol. The molecule has 1 amide bonds. The van der Waals surface area contributed by atoms with Crippen LogP contribution in [0, 0.1) is 13.8 Å². The topological polar surface area (TPSA) is 75.9 Å².